The van der Waals surface area contributed by atoms with E-state index in [-0.39, 0.29) is 12.2 Å². The Morgan fingerprint density at radius 2 is 2.10 bits per heavy atom. The highest BCUT2D eigenvalue weighted by molar-refractivity contribution is 5.88. The maximum Gasteiger partial charge on any atom is 0.415 e. The number of nitrogens with one attached hydrogen (secondary N) is 1. The maximum absolute atomic E-state index is 11.8. The summed E-state index contributed by atoms with van der Waals surface area (Å²) in [6, 6.07) is 1.95. The summed E-state index contributed by atoms with van der Waals surface area (Å²) in [5, 5.41) is 3.35. The van der Waals surface area contributed by atoms with Gasteiger partial charge in [-0.15, -0.1) is 0 Å². The van der Waals surface area contributed by atoms with Crippen LogP contribution in [0.4, 0.5) is 10.6 Å². The van der Waals surface area contributed by atoms with Gasteiger partial charge in [0, 0.05) is 17.7 Å². The minimum Gasteiger partial charge on any atom is -0.444 e. The van der Waals surface area contributed by atoms with Crippen molar-refractivity contribution < 1.29 is 9.53 Å². The van der Waals surface area contributed by atoms with E-state index in [1.807, 2.05) is 19.9 Å². The van der Waals surface area contributed by atoms with Crippen LogP contribution < -0.4 is 10.2 Å². The van der Waals surface area contributed by atoms with Gasteiger partial charge in [0.15, 0.2) is 0 Å². The van der Waals surface area contributed by atoms with Crippen molar-refractivity contribution >= 4 is 11.9 Å². The number of hydrogen-bond acceptors (Lipinski definition) is 5. The summed E-state index contributed by atoms with van der Waals surface area (Å²) in [5.41, 5.74) is 1.04. The van der Waals surface area contributed by atoms with Crippen LogP contribution in [0.25, 0.3) is 0 Å². The average molecular weight is 276 g/mol. The third kappa shape index (κ3) is 2.60. The van der Waals surface area contributed by atoms with Crippen molar-refractivity contribution in [2.24, 2.45) is 0 Å². The van der Waals surface area contributed by atoms with Crippen LogP contribution in [0.15, 0.2) is 6.07 Å². The normalized spacial score (nSPS) is 24.0. The van der Waals surface area contributed by atoms with E-state index in [4.69, 9.17) is 4.74 Å². The summed E-state index contributed by atoms with van der Waals surface area (Å²) in [7, 11) is 0. The molecule has 1 unspecified atom stereocenters. The number of aromatic nitrogens is 2. The first-order valence-electron chi connectivity index (χ1n) is 7.18. The number of carbonyl (C=O) groups is 1. The number of aryl methyl sites for hydroxylation is 1. The van der Waals surface area contributed by atoms with Gasteiger partial charge in [0.1, 0.15) is 17.7 Å². The summed E-state index contributed by atoms with van der Waals surface area (Å²) >= 11 is 0. The van der Waals surface area contributed by atoms with Crippen LogP contribution in [-0.2, 0) is 4.74 Å². The summed E-state index contributed by atoms with van der Waals surface area (Å²) in [6.07, 6.45) is 1.76. The molecule has 1 amide bonds. The predicted molar refractivity (Wildman–Crippen MR) is 74.9 cm³/mol. The number of hydrogen-bond donors (Lipinski definition) is 1. The molecule has 1 atom stereocenters. The Balaban J connectivity index is 1.88. The van der Waals surface area contributed by atoms with E-state index in [2.05, 4.69) is 15.3 Å². The van der Waals surface area contributed by atoms with Crippen LogP contribution >= 0.6 is 0 Å². The molecule has 3 rings (SSSR count). The molecule has 0 bridgehead atoms. The Labute approximate surface area is 118 Å². The topological polar surface area (TPSA) is 67.3 Å². The van der Waals surface area contributed by atoms with Crippen molar-refractivity contribution in [3.05, 3.63) is 17.6 Å². The highest BCUT2D eigenvalue weighted by Gasteiger charge is 2.31. The van der Waals surface area contributed by atoms with E-state index in [1.54, 1.807) is 4.90 Å². The Hall–Kier alpha value is -1.69. The van der Waals surface area contributed by atoms with E-state index >= 15 is 0 Å². The molecule has 20 heavy (non-hydrogen) atoms. The lowest BCUT2D eigenvalue weighted by Gasteiger charge is -2.23. The summed E-state index contributed by atoms with van der Waals surface area (Å²) in [4.78, 5) is 22.4. The lowest BCUT2D eigenvalue weighted by Crippen LogP contribution is -2.28. The first-order chi connectivity index (χ1) is 9.63. The van der Waals surface area contributed by atoms with Crippen LogP contribution in [0.5, 0.6) is 0 Å². The molecule has 0 spiro atoms. The molecule has 2 aliphatic heterocycles. The van der Waals surface area contributed by atoms with E-state index in [0.717, 1.165) is 31.6 Å². The van der Waals surface area contributed by atoms with Crippen LogP contribution in [0.1, 0.15) is 37.2 Å². The molecule has 108 valence electrons. The van der Waals surface area contributed by atoms with Crippen LogP contribution in [0, 0.1) is 6.92 Å². The molecule has 3 heterocycles. The minimum atomic E-state index is -0.313. The van der Waals surface area contributed by atoms with Crippen LogP contribution in [-0.4, -0.2) is 41.8 Å². The van der Waals surface area contributed by atoms with Crippen molar-refractivity contribution in [3.63, 3.8) is 0 Å². The Morgan fingerprint density at radius 1 is 1.35 bits per heavy atom. The van der Waals surface area contributed by atoms with Crippen molar-refractivity contribution in [3.8, 4) is 0 Å². The molecular formula is C14H20N4O2. The number of rotatable bonds is 2. The monoisotopic (exact) mass is 276 g/mol. The Morgan fingerprint density at radius 3 is 2.75 bits per heavy atom. The molecule has 6 heteroatoms. The summed E-state index contributed by atoms with van der Waals surface area (Å²) in [6.45, 7) is 6.36. The second-order valence-corrected chi connectivity index (χ2v) is 5.53. The number of anilines is 1. The lowest BCUT2D eigenvalue weighted by atomic mass is 9.94. The molecule has 1 aromatic rings. The molecule has 2 saturated heterocycles. The second-order valence-electron chi connectivity index (χ2n) is 5.53. The van der Waals surface area contributed by atoms with Crippen molar-refractivity contribution in [1.82, 2.24) is 15.3 Å². The number of piperidine rings is 1. The zero-order chi connectivity index (χ0) is 14.1. The van der Waals surface area contributed by atoms with Gasteiger partial charge in [-0.2, -0.15) is 0 Å². The first kappa shape index (κ1) is 13.3. The SMILES string of the molecule is Cc1nc(C2CCNCC2)cc(N2CC(C)OC2=O)n1. The first-order valence-corrected chi connectivity index (χ1v) is 7.18. The summed E-state index contributed by atoms with van der Waals surface area (Å²) < 4.78 is 5.17. The largest absolute Gasteiger partial charge is 0.444 e. The second kappa shape index (κ2) is 5.36. The van der Waals surface area contributed by atoms with Gasteiger partial charge in [0.05, 0.1) is 6.54 Å². The molecule has 2 aliphatic rings. The molecule has 1 N–H and O–H groups in total. The maximum atomic E-state index is 11.8. The molecule has 0 aliphatic carbocycles. The number of amides is 1. The van der Waals surface area contributed by atoms with Crippen molar-refractivity contribution in [2.75, 3.05) is 24.5 Å². The molecule has 2 fully saturated rings. The van der Waals surface area contributed by atoms with Crippen molar-refractivity contribution in [2.45, 2.75) is 38.7 Å². The van der Waals surface area contributed by atoms with Gasteiger partial charge in [-0.3, -0.25) is 4.90 Å². The smallest absolute Gasteiger partial charge is 0.415 e. The van der Waals surface area contributed by atoms with E-state index in [0.29, 0.717) is 24.1 Å². The number of ether oxygens (including phenoxy) is 1. The Kier molecular flexibility index (Phi) is 3.56. The molecule has 0 aromatic carbocycles. The highest BCUT2D eigenvalue weighted by atomic mass is 16.6. The molecule has 6 nitrogen and oxygen atoms in total. The standard InChI is InChI=1S/C14H20N4O2/c1-9-8-18(14(19)20-9)13-7-12(16-10(2)17-13)11-3-5-15-6-4-11/h7,9,11,15H,3-6,8H2,1-2H3. The van der Waals surface area contributed by atoms with E-state index in [1.165, 1.54) is 0 Å². The third-order valence-corrected chi connectivity index (χ3v) is 3.84. The number of nitrogens with zero attached hydrogens (tertiary/aromatic N) is 3. The van der Waals surface area contributed by atoms with Gasteiger partial charge in [-0.05, 0) is 39.8 Å². The van der Waals surface area contributed by atoms with Gasteiger partial charge in [0.2, 0.25) is 0 Å². The third-order valence-electron chi connectivity index (χ3n) is 3.84. The van der Waals surface area contributed by atoms with E-state index < -0.39 is 0 Å². The summed E-state index contributed by atoms with van der Waals surface area (Å²) in [5.74, 6) is 1.83. The van der Waals surface area contributed by atoms with Gasteiger partial charge in [0.25, 0.3) is 0 Å². The average Bonchev–Trinajstić information content (AvgIpc) is 2.78. The van der Waals surface area contributed by atoms with Gasteiger partial charge < -0.3 is 10.1 Å². The Bertz CT molecular complexity index is 514. The predicted octanol–water partition coefficient (Wildman–Crippen LogP) is 1.60. The van der Waals surface area contributed by atoms with E-state index in [9.17, 15) is 4.79 Å². The van der Waals surface area contributed by atoms with Crippen LogP contribution in [0.3, 0.4) is 0 Å². The molecule has 0 saturated carbocycles. The zero-order valence-corrected chi connectivity index (χ0v) is 11.9. The van der Waals surface area contributed by atoms with Gasteiger partial charge in [-0.25, -0.2) is 14.8 Å². The van der Waals surface area contributed by atoms with Crippen molar-refractivity contribution in [1.29, 1.82) is 0 Å². The van der Waals surface area contributed by atoms with Crippen LogP contribution in [0.2, 0.25) is 0 Å². The van der Waals surface area contributed by atoms with Gasteiger partial charge >= 0.3 is 6.09 Å². The minimum absolute atomic E-state index is 0.0832. The highest BCUT2D eigenvalue weighted by Crippen LogP contribution is 2.27. The number of carbonyl (C=O) groups excluding carboxylic acids is 1. The number of cyclic esters (lactones) is 1. The lowest BCUT2D eigenvalue weighted by molar-refractivity contribution is 0.150. The fraction of sp³-hybridized carbons (Fsp3) is 0.643. The zero-order valence-electron chi connectivity index (χ0n) is 11.9. The quantitative estimate of drug-likeness (QED) is 0.888. The molecular weight excluding hydrogens is 256 g/mol. The molecule has 0 radical (unpaired) electrons. The fourth-order valence-electron chi connectivity index (χ4n) is 2.83. The molecule has 1 aromatic heterocycles. The fourth-order valence-corrected chi connectivity index (χ4v) is 2.83. The van der Waals surface area contributed by atoms with Gasteiger partial charge in [-0.1, -0.05) is 0 Å².